The second kappa shape index (κ2) is 5.37. The number of nitrogens with zero attached hydrogens (tertiary/aromatic N) is 2. The van der Waals surface area contributed by atoms with Gasteiger partial charge in [0.15, 0.2) is 0 Å². The number of rotatable bonds is 4. The number of hydrogen-bond donors (Lipinski definition) is 1. The Balaban J connectivity index is 1.77. The Kier molecular flexibility index (Phi) is 3.42. The van der Waals surface area contributed by atoms with E-state index in [1.165, 1.54) is 11.1 Å². The molecule has 3 heteroatoms. The highest BCUT2D eigenvalue weighted by Crippen LogP contribution is 2.18. The molecule has 1 aromatic heterocycles. The van der Waals surface area contributed by atoms with E-state index in [2.05, 4.69) is 52.1 Å². The first-order valence-corrected chi connectivity index (χ1v) is 7.01. The van der Waals surface area contributed by atoms with Crippen LogP contribution >= 0.6 is 0 Å². The summed E-state index contributed by atoms with van der Waals surface area (Å²) in [6.45, 7) is 2.97. The quantitative estimate of drug-likeness (QED) is 0.778. The fourth-order valence-corrected chi connectivity index (χ4v) is 2.38. The van der Waals surface area contributed by atoms with Gasteiger partial charge in [0.05, 0.1) is 11.0 Å². The van der Waals surface area contributed by atoms with Crippen LogP contribution in [0.1, 0.15) is 18.1 Å². The van der Waals surface area contributed by atoms with Gasteiger partial charge >= 0.3 is 0 Å². The largest absolute Gasteiger partial charge is 0.352 e. The number of fused-ring (bicyclic) bond motifs is 1. The van der Waals surface area contributed by atoms with E-state index in [1.54, 1.807) is 0 Å². The number of benzene rings is 2. The van der Waals surface area contributed by atoms with Gasteiger partial charge < -0.3 is 9.88 Å². The molecule has 0 spiro atoms. The second-order valence-corrected chi connectivity index (χ2v) is 5.01. The number of aryl methyl sites for hydroxylation is 2. The van der Waals surface area contributed by atoms with Crippen molar-refractivity contribution >= 4 is 17.0 Å². The lowest BCUT2D eigenvalue weighted by molar-refractivity contribution is 0.927. The molecular weight excluding hydrogens is 246 g/mol. The first kappa shape index (κ1) is 12.7. The number of anilines is 1. The Hall–Kier alpha value is -2.29. The monoisotopic (exact) mass is 265 g/mol. The number of aromatic nitrogens is 2. The molecule has 0 saturated heterocycles. The first-order chi connectivity index (χ1) is 9.78. The molecule has 0 amide bonds. The standard InChI is InChI=1S/C17H19N3/c1-3-13-8-10-14(11-9-13)12-18-17-19-15-6-4-5-7-16(15)20(17)2/h4-11H,3,12H2,1-2H3,(H,18,19). The number of hydrogen-bond acceptors (Lipinski definition) is 2. The molecule has 0 aliphatic rings. The smallest absolute Gasteiger partial charge is 0.203 e. The van der Waals surface area contributed by atoms with Crippen molar-refractivity contribution in [3.8, 4) is 0 Å². The van der Waals surface area contributed by atoms with Crippen molar-refractivity contribution in [1.29, 1.82) is 0 Å². The summed E-state index contributed by atoms with van der Waals surface area (Å²) in [7, 11) is 2.04. The van der Waals surface area contributed by atoms with Crippen LogP contribution in [0.3, 0.4) is 0 Å². The predicted octanol–water partition coefficient (Wildman–Crippen LogP) is 3.75. The highest BCUT2D eigenvalue weighted by molar-refractivity contribution is 5.78. The average molecular weight is 265 g/mol. The summed E-state index contributed by atoms with van der Waals surface area (Å²) in [5, 5.41) is 3.41. The molecule has 20 heavy (non-hydrogen) atoms. The van der Waals surface area contributed by atoms with Crippen molar-refractivity contribution in [3.63, 3.8) is 0 Å². The predicted molar refractivity (Wildman–Crippen MR) is 83.9 cm³/mol. The summed E-state index contributed by atoms with van der Waals surface area (Å²) in [6.07, 6.45) is 1.08. The average Bonchev–Trinajstić information content (AvgIpc) is 2.83. The molecule has 3 aromatic rings. The molecular formula is C17H19N3. The minimum absolute atomic E-state index is 0.793. The van der Waals surface area contributed by atoms with Crippen LogP contribution < -0.4 is 5.32 Å². The Bertz CT molecular complexity index is 711. The maximum absolute atomic E-state index is 4.61. The summed E-state index contributed by atoms with van der Waals surface area (Å²) in [6, 6.07) is 16.9. The Morgan fingerprint density at radius 3 is 2.40 bits per heavy atom. The van der Waals surface area contributed by atoms with Crippen molar-refractivity contribution in [3.05, 3.63) is 59.7 Å². The van der Waals surface area contributed by atoms with Gasteiger partial charge in [-0.3, -0.25) is 0 Å². The molecule has 0 aliphatic carbocycles. The van der Waals surface area contributed by atoms with E-state index in [-0.39, 0.29) is 0 Å². The topological polar surface area (TPSA) is 29.9 Å². The molecule has 0 fully saturated rings. The summed E-state index contributed by atoms with van der Waals surface area (Å²) in [5.74, 6) is 0.908. The maximum atomic E-state index is 4.61. The molecule has 3 nitrogen and oxygen atoms in total. The lowest BCUT2D eigenvalue weighted by atomic mass is 10.1. The van der Waals surface area contributed by atoms with Gasteiger partial charge in [0.2, 0.25) is 5.95 Å². The second-order valence-electron chi connectivity index (χ2n) is 5.01. The van der Waals surface area contributed by atoms with E-state index < -0.39 is 0 Å². The van der Waals surface area contributed by atoms with E-state index >= 15 is 0 Å². The molecule has 0 bridgehead atoms. The van der Waals surface area contributed by atoms with Crippen molar-refractivity contribution in [2.75, 3.05) is 5.32 Å². The zero-order valence-corrected chi connectivity index (χ0v) is 11.9. The SMILES string of the molecule is CCc1ccc(CNc2nc3ccccc3n2C)cc1. The lowest BCUT2D eigenvalue weighted by Gasteiger charge is -2.07. The lowest BCUT2D eigenvalue weighted by Crippen LogP contribution is -2.04. The zero-order valence-electron chi connectivity index (χ0n) is 11.9. The fraction of sp³-hybridized carbons (Fsp3) is 0.235. The Morgan fingerprint density at radius 1 is 1.00 bits per heavy atom. The molecule has 0 saturated carbocycles. The molecule has 102 valence electrons. The van der Waals surface area contributed by atoms with Crippen LogP contribution in [0, 0.1) is 0 Å². The van der Waals surface area contributed by atoms with E-state index in [4.69, 9.17) is 0 Å². The Labute approximate surface area is 119 Å². The van der Waals surface area contributed by atoms with E-state index in [1.807, 2.05) is 25.2 Å². The van der Waals surface area contributed by atoms with Gasteiger partial charge in [-0.05, 0) is 29.7 Å². The van der Waals surface area contributed by atoms with E-state index in [0.717, 1.165) is 29.9 Å². The van der Waals surface area contributed by atoms with Crippen molar-refractivity contribution in [2.24, 2.45) is 7.05 Å². The third-order valence-corrected chi connectivity index (χ3v) is 3.67. The van der Waals surface area contributed by atoms with Gasteiger partial charge in [-0.2, -0.15) is 0 Å². The van der Waals surface area contributed by atoms with Crippen LogP contribution in [-0.2, 0) is 20.0 Å². The van der Waals surface area contributed by atoms with Gasteiger partial charge in [0.25, 0.3) is 0 Å². The van der Waals surface area contributed by atoms with Gasteiger partial charge in [-0.1, -0.05) is 43.3 Å². The van der Waals surface area contributed by atoms with Gasteiger partial charge in [-0.15, -0.1) is 0 Å². The van der Waals surface area contributed by atoms with Gasteiger partial charge in [-0.25, -0.2) is 4.98 Å². The molecule has 2 aromatic carbocycles. The molecule has 0 radical (unpaired) electrons. The third-order valence-electron chi connectivity index (χ3n) is 3.67. The number of imidazole rings is 1. The van der Waals surface area contributed by atoms with Gasteiger partial charge in [0, 0.05) is 13.6 Å². The number of nitrogens with one attached hydrogen (secondary N) is 1. The van der Waals surface area contributed by atoms with Gasteiger partial charge in [0.1, 0.15) is 0 Å². The van der Waals surface area contributed by atoms with Crippen molar-refractivity contribution < 1.29 is 0 Å². The summed E-state index contributed by atoms with van der Waals surface area (Å²) in [5.41, 5.74) is 4.82. The molecule has 1 heterocycles. The summed E-state index contributed by atoms with van der Waals surface area (Å²) >= 11 is 0. The van der Waals surface area contributed by atoms with Crippen molar-refractivity contribution in [1.82, 2.24) is 9.55 Å². The molecule has 0 atom stereocenters. The molecule has 0 aliphatic heterocycles. The normalized spacial score (nSPS) is 10.9. The molecule has 3 rings (SSSR count). The minimum Gasteiger partial charge on any atom is -0.352 e. The highest BCUT2D eigenvalue weighted by Gasteiger charge is 2.06. The first-order valence-electron chi connectivity index (χ1n) is 7.01. The molecule has 1 N–H and O–H groups in total. The Morgan fingerprint density at radius 2 is 1.70 bits per heavy atom. The van der Waals surface area contributed by atoms with E-state index in [0.29, 0.717) is 0 Å². The van der Waals surface area contributed by atoms with Crippen LogP contribution in [0.15, 0.2) is 48.5 Å². The fourth-order valence-electron chi connectivity index (χ4n) is 2.38. The van der Waals surface area contributed by atoms with Crippen LogP contribution in [0.5, 0.6) is 0 Å². The zero-order chi connectivity index (χ0) is 13.9. The number of para-hydroxylation sites is 2. The van der Waals surface area contributed by atoms with Crippen LogP contribution in [0.25, 0.3) is 11.0 Å². The van der Waals surface area contributed by atoms with Crippen LogP contribution in [0.4, 0.5) is 5.95 Å². The van der Waals surface area contributed by atoms with E-state index in [9.17, 15) is 0 Å². The van der Waals surface area contributed by atoms with Crippen LogP contribution in [-0.4, -0.2) is 9.55 Å². The third kappa shape index (κ3) is 2.39. The summed E-state index contributed by atoms with van der Waals surface area (Å²) < 4.78 is 2.09. The highest BCUT2D eigenvalue weighted by atomic mass is 15.2. The maximum Gasteiger partial charge on any atom is 0.203 e. The molecule has 0 unspecified atom stereocenters. The van der Waals surface area contributed by atoms with Crippen molar-refractivity contribution in [2.45, 2.75) is 19.9 Å². The summed E-state index contributed by atoms with van der Waals surface area (Å²) in [4.78, 5) is 4.61. The van der Waals surface area contributed by atoms with Crippen LogP contribution in [0.2, 0.25) is 0 Å². The minimum atomic E-state index is 0.793.